The molecule has 0 saturated heterocycles. The molecule has 2 N–H and O–H groups in total. The number of thioether (sulfide) groups is 1. The third-order valence-corrected chi connectivity index (χ3v) is 5.20. The van der Waals surface area contributed by atoms with E-state index in [1.54, 1.807) is 48.5 Å². The quantitative estimate of drug-likeness (QED) is 0.562. The first-order valence-electron chi connectivity index (χ1n) is 9.10. The van der Waals surface area contributed by atoms with Crippen LogP contribution in [0, 0.1) is 5.92 Å². The van der Waals surface area contributed by atoms with Crippen LogP contribution in [-0.4, -0.2) is 27.1 Å². The number of anilines is 2. The Bertz CT molecular complexity index is 1050. The summed E-state index contributed by atoms with van der Waals surface area (Å²) in [5.74, 6) is -2.87. The van der Waals surface area contributed by atoms with E-state index in [2.05, 4.69) is 15.6 Å². The summed E-state index contributed by atoms with van der Waals surface area (Å²) in [6.07, 6.45) is 1.85. The summed E-state index contributed by atoms with van der Waals surface area (Å²) >= 11 is 0.312. The number of nitrogens with one attached hydrogen (secondary N) is 2. The van der Waals surface area contributed by atoms with Gasteiger partial charge in [0.2, 0.25) is 11.8 Å². The van der Waals surface area contributed by atoms with Gasteiger partial charge in [-0.05, 0) is 61.0 Å². The lowest BCUT2D eigenvalue weighted by Gasteiger charge is -2.10. The van der Waals surface area contributed by atoms with E-state index in [9.17, 15) is 18.4 Å². The van der Waals surface area contributed by atoms with Crippen molar-refractivity contribution in [2.45, 2.75) is 30.3 Å². The van der Waals surface area contributed by atoms with Crippen molar-refractivity contribution < 1.29 is 18.4 Å². The molecule has 6 nitrogen and oxygen atoms in total. The minimum Gasteiger partial charge on any atom is -0.326 e. The molecule has 1 aromatic heterocycles. The molecule has 4 rings (SSSR count). The number of hydrogen-bond donors (Lipinski definition) is 2. The zero-order valence-electron chi connectivity index (χ0n) is 15.3. The number of nitrogens with zero attached hydrogens (tertiary/aromatic N) is 2. The van der Waals surface area contributed by atoms with Crippen molar-refractivity contribution in [3.05, 3.63) is 48.5 Å². The highest BCUT2D eigenvalue weighted by Crippen LogP contribution is 2.30. The number of carbonyl (C=O) groups excluding carboxylic acids is 2. The van der Waals surface area contributed by atoms with Crippen LogP contribution in [0.1, 0.15) is 12.8 Å². The van der Waals surface area contributed by atoms with Gasteiger partial charge in [0.15, 0.2) is 5.16 Å². The summed E-state index contributed by atoms with van der Waals surface area (Å²) < 4.78 is 27.2. The van der Waals surface area contributed by atoms with Gasteiger partial charge in [-0.3, -0.25) is 9.59 Å². The molecule has 9 heteroatoms. The van der Waals surface area contributed by atoms with Crippen LogP contribution in [0.15, 0.2) is 53.7 Å². The fourth-order valence-corrected chi connectivity index (χ4v) is 3.55. The number of benzene rings is 2. The Balaban J connectivity index is 1.44. The molecule has 2 aromatic carbocycles. The molecular weight excluding hydrogens is 398 g/mol. The maximum Gasteiger partial charge on any atom is 0.291 e. The predicted octanol–water partition coefficient (Wildman–Crippen LogP) is 4.34. The average Bonchev–Trinajstić information content (AvgIpc) is 3.48. The molecule has 0 bridgehead atoms. The summed E-state index contributed by atoms with van der Waals surface area (Å²) in [7, 11) is 0. The van der Waals surface area contributed by atoms with Crippen molar-refractivity contribution in [3.8, 4) is 0 Å². The summed E-state index contributed by atoms with van der Waals surface area (Å²) in [4.78, 5) is 28.5. The first-order valence-corrected chi connectivity index (χ1v) is 9.98. The SMILES string of the molecule is O=C(Cn1c(SC(F)F)nc2ccccc21)Nc1ccc(NC(=O)C2CC2)cc1. The van der Waals surface area contributed by atoms with Crippen LogP contribution >= 0.6 is 11.8 Å². The van der Waals surface area contributed by atoms with Gasteiger partial charge in [-0.15, -0.1) is 0 Å². The zero-order valence-corrected chi connectivity index (χ0v) is 16.1. The van der Waals surface area contributed by atoms with Crippen molar-refractivity contribution in [1.82, 2.24) is 9.55 Å². The number of alkyl halides is 2. The number of fused-ring (bicyclic) bond motifs is 1. The molecule has 0 spiro atoms. The standard InChI is InChI=1S/C20H18F2N4O2S/c21-19(22)29-20-25-15-3-1-2-4-16(15)26(20)11-17(27)23-13-7-9-14(10-8-13)24-18(28)12-5-6-12/h1-4,7-10,12,19H,5-6,11H2,(H,23,27)(H,24,28). The third-order valence-electron chi connectivity index (χ3n) is 4.50. The van der Waals surface area contributed by atoms with E-state index in [4.69, 9.17) is 0 Å². The van der Waals surface area contributed by atoms with Crippen LogP contribution in [0.25, 0.3) is 11.0 Å². The zero-order chi connectivity index (χ0) is 20.4. The topological polar surface area (TPSA) is 76.0 Å². The molecule has 0 atom stereocenters. The Morgan fingerprint density at radius 3 is 2.38 bits per heavy atom. The molecule has 0 unspecified atom stereocenters. The lowest BCUT2D eigenvalue weighted by atomic mass is 10.2. The molecule has 1 heterocycles. The fourth-order valence-electron chi connectivity index (χ4n) is 2.95. The van der Waals surface area contributed by atoms with E-state index in [0.717, 1.165) is 12.8 Å². The molecule has 150 valence electrons. The molecule has 29 heavy (non-hydrogen) atoms. The molecule has 0 aliphatic heterocycles. The Kier molecular flexibility index (Phi) is 5.48. The van der Waals surface area contributed by atoms with Gasteiger partial charge in [-0.25, -0.2) is 4.98 Å². The second kappa shape index (κ2) is 8.20. The van der Waals surface area contributed by atoms with E-state index >= 15 is 0 Å². The monoisotopic (exact) mass is 416 g/mol. The summed E-state index contributed by atoms with van der Waals surface area (Å²) in [6.45, 7) is -0.143. The largest absolute Gasteiger partial charge is 0.326 e. The number of imidazole rings is 1. The highest BCUT2D eigenvalue weighted by Gasteiger charge is 2.29. The summed E-state index contributed by atoms with van der Waals surface area (Å²) in [5.41, 5.74) is 2.38. The minimum absolute atomic E-state index is 0.0119. The normalized spacial score (nSPS) is 13.6. The fraction of sp³-hybridized carbons (Fsp3) is 0.250. The van der Waals surface area contributed by atoms with Crippen LogP contribution in [0.3, 0.4) is 0 Å². The third kappa shape index (κ3) is 4.73. The average molecular weight is 416 g/mol. The van der Waals surface area contributed by atoms with Crippen LogP contribution in [0.5, 0.6) is 0 Å². The van der Waals surface area contributed by atoms with E-state index in [-0.39, 0.29) is 29.4 Å². The van der Waals surface area contributed by atoms with Crippen LogP contribution in [-0.2, 0) is 16.1 Å². The number of rotatable bonds is 7. The van der Waals surface area contributed by atoms with Crippen LogP contribution < -0.4 is 10.6 Å². The minimum atomic E-state index is -2.63. The smallest absolute Gasteiger partial charge is 0.291 e. The van der Waals surface area contributed by atoms with Crippen molar-refractivity contribution in [1.29, 1.82) is 0 Å². The van der Waals surface area contributed by atoms with Gasteiger partial charge >= 0.3 is 0 Å². The highest BCUT2D eigenvalue weighted by molar-refractivity contribution is 7.99. The molecule has 2 amide bonds. The lowest BCUT2D eigenvalue weighted by Crippen LogP contribution is -2.19. The predicted molar refractivity (Wildman–Crippen MR) is 108 cm³/mol. The molecule has 1 saturated carbocycles. The van der Waals surface area contributed by atoms with E-state index in [1.807, 2.05) is 0 Å². The number of amides is 2. The molecule has 1 fully saturated rings. The summed E-state index contributed by atoms with van der Waals surface area (Å²) in [6, 6.07) is 13.8. The molecule has 1 aliphatic carbocycles. The highest BCUT2D eigenvalue weighted by atomic mass is 32.2. The number of halogens is 2. The maximum atomic E-state index is 12.9. The van der Waals surface area contributed by atoms with Crippen LogP contribution in [0.4, 0.5) is 20.2 Å². The van der Waals surface area contributed by atoms with Crippen molar-refractivity contribution in [2.24, 2.45) is 5.92 Å². The Morgan fingerprint density at radius 2 is 1.72 bits per heavy atom. The first-order chi connectivity index (χ1) is 14.0. The Hall–Kier alpha value is -2.94. The van der Waals surface area contributed by atoms with Gasteiger partial charge in [0, 0.05) is 17.3 Å². The number of para-hydroxylation sites is 2. The second-order valence-electron chi connectivity index (χ2n) is 6.74. The van der Waals surface area contributed by atoms with Gasteiger partial charge in [-0.2, -0.15) is 8.78 Å². The van der Waals surface area contributed by atoms with Crippen molar-refractivity contribution >= 4 is 46.0 Å². The maximum absolute atomic E-state index is 12.9. The molecule has 0 radical (unpaired) electrons. The van der Waals surface area contributed by atoms with Gasteiger partial charge in [0.25, 0.3) is 5.76 Å². The van der Waals surface area contributed by atoms with E-state index < -0.39 is 5.76 Å². The first kappa shape index (κ1) is 19.4. The molecule has 1 aliphatic rings. The van der Waals surface area contributed by atoms with Gasteiger partial charge in [0.1, 0.15) is 6.54 Å². The van der Waals surface area contributed by atoms with Gasteiger partial charge in [-0.1, -0.05) is 12.1 Å². The van der Waals surface area contributed by atoms with E-state index in [1.165, 1.54) is 4.57 Å². The Labute approximate surface area is 169 Å². The molecule has 3 aromatic rings. The van der Waals surface area contributed by atoms with Crippen molar-refractivity contribution in [2.75, 3.05) is 10.6 Å². The summed E-state index contributed by atoms with van der Waals surface area (Å²) in [5, 5.41) is 5.66. The molecular formula is C20H18F2N4O2S. The van der Waals surface area contributed by atoms with Gasteiger partial charge in [0.05, 0.1) is 11.0 Å². The number of hydrogen-bond acceptors (Lipinski definition) is 4. The lowest BCUT2D eigenvalue weighted by molar-refractivity contribution is -0.117. The van der Waals surface area contributed by atoms with Crippen LogP contribution in [0.2, 0.25) is 0 Å². The van der Waals surface area contributed by atoms with Gasteiger partial charge < -0.3 is 15.2 Å². The van der Waals surface area contributed by atoms with E-state index in [0.29, 0.717) is 34.2 Å². The van der Waals surface area contributed by atoms with Crippen molar-refractivity contribution in [3.63, 3.8) is 0 Å². The Morgan fingerprint density at radius 1 is 1.07 bits per heavy atom. The number of carbonyl (C=O) groups is 2. The number of aromatic nitrogens is 2. The second-order valence-corrected chi connectivity index (χ2v) is 7.69.